The first-order valence-corrected chi connectivity index (χ1v) is 3.92. The van der Waals surface area contributed by atoms with E-state index in [4.69, 9.17) is 5.26 Å². The van der Waals surface area contributed by atoms with Crippen molar-refractivity contribution in [1.29, 1.82) is 5.26 Å². The van der Waals surface area contributed by atoms with Crippen molar-refractivity contribution in [1.82, 2.24) is 5.32 Å². The van der Waals surface area contributed by atoms with Crippen molar-refractivity contribution in [2.45, 2.75) is 13.0 Å². The van der Waals surface area contributed by atoms with E-state index in [-0.39, 0.29) is 6.04 Å². The fraction of sp³-hybridized carbons (Fsp3) is 0.333. The number of aliphatic imine (C=N–C) groups is 1. The van der Waals surface area contributed by atoms with E-state index in [1.807, 2.05) is 6.92 Å². The lowest BCUT2D eigenvalue weighted by atomic mass is 10.1. The second-order valence-electron chi connectivity index (χ2n) is 1.96. The summed E-state index contributed by atoms with van der Waals surface area (Å²) in [4.78, 5) is 3.94. The molecule has 1 unspecified atom stereocenters. The van der Waals surface area contributed by atoms with Gasteiger partial charge in [-0.25, -0.2) is 4.99 Å². The number of hydrogen-bond acceptors (Lipinski definition) is 3. The van der Waals surface area contributed by atoms with Crippen molar-refractivity contribution < 1.29 is 0 Å². The minimum Gasteiger partial charge on any atom is -0.369 e. The maximum absolute atomic E-state index is 8.61. The van der Waals surface area contributed by atoms with Crippen LogP contribution in [-0.4, -0.2) is 12.4 Å². The minimum atomic E-state index is 0.106. The maximum Gasteiger partial charge on any atom is 0.118 e. The molecule has 0 fully saturated rings. The van der Waals surface area contributed by atoms with Crippen LogP contribution in [0.15, 0.2) is 14.3 Å². The van der Waals surface area contributed by atoms with Crippen LogP contribution >= 0.6 is 22.6 Å². The Bertz CT molecular complexity index is 236. The molecule has 0 radical (unpaired) electrons. The normalized spacial score (nSPS) is 23.9. The monoisotopic (exact) mass is 247 g/mol. The lowest BCUT2D eigenvalue weighted by Crippen LogP contribution is -2.29. The topological polar surface area (TPSA) is 48.2 Å². The van der Waals surface area contributed by atoms with E-state index in [0.717, 1.165) is 3.70 Å². The van der Waals surface area contributed by atoms with Gasteiger partial charge in [-0.1, -0.05) is 0 Å². The third-order valence-electron chi connectivity index (χ3n) is 1.28. The SMILES string of the molecule is CC1NC=NC(I)=C1C#N. The van der Waals surface area contributed by atoms with Gasteiger partial charge in [-0.05, 0) is 29.5 Å². The summed E-state index contributed by atoms with van der Waals surface area (Å²) in [5, 5.41) is 11.5. The number of hydrogen-bond donors (Lipinski definition) is 1. The van der Waals surface area contributed by atoms with Crippen LogP contribution in [0, 0.1) is 11.3 Å². The van der Waals surface area contributed by atoms with Crippen LogP contribution in [0.4, 0.5) is 0 Å². The molecule has 10 heavy (non-hydrogen) atoms. The molecule has 1 atom stereocenters. The molecule has 1 aliphatic heterocycles. The maximum atomic E-state index is 8.61. The van der Waals surface area contributed by atoms with Gasteiger partial charge in [0.25, 0.3) is 0 Å². The summed E-state index contributed by atoms with van der Waals surface area (Å²) in [7, 11) is 0. The molecule has 1 rings (SSSR count). The first-order chi connectivity index (χ1) is 4.75. The molecule has 0 aliphatic carbocycles. The summed E-state index contributed by atoms with van der Waals surface area (Å²) in [5.41, 5.74) is 0.711. The highest BCUT2D eigenvalue weighted by atomic mass is 127. The van der Waals surface area contributed by atoms with Crippen molar-refractivity contribution in [2.24, 2.45) is 4.99 Å². The lowest BCUT2D eigenvalue weighted by molar-refractivity contribution is 0.774. The molecule has 0 spiro atoms. The number of nitriles is 1. The fourth-order valence-electron chi connectivity index (χ4n) is 0.680. The average Bonchev–Trinajstić information content (AvgIpc) is 1.88. The number of rotatable bonds is 0. The predicted octanol–water partition coefficient (Wildman–Crippen LogP) is 1.18. The zero-order valence-corrected chi connectivity index (χ0v) is 7.58. The Labute approximate surface area is 73.0 Å². The molecule has 0 aromatic carbocycles. The highest BCUT2D eigenvalue weighted by Gasteiger charge is 2.13. The molecule has 1 aliphatic rings. The molecule has 0 saturated carbocycles. The van der Waals surface area contributed by atoms with Gasteiger partial charge in [-0.15, -0.1) is 0 Å². The van der Waals surface area contributed by atoms with Crippen LogP contribution in [0.5, 0.6) is 0 Å². The largest absolute Gasteiger partial charge is 0.369 e. The van der Waals surface area contributed by atoms with Crippen LogP contribution in [-0.2, 0) is 0 Å². The zero-order chi connectivity index (χ0) is 7.56. The Kier molecular flexibility index (Phi) is 2.27. The second-order valence-corrected chi connectivity index (χ2v) is 2.98. The fourth-order valence-corrected chi connectivity index (χ4v) is 1.41. The van der Waals surface area contributed by atoms with E-state index in [9.17, 15) is 0 Å². The summed E-state index contributed by atoms with van der Waals surface area (Å²) in [6, 6.07) is 2.21. The smallest absolute Gasteiger partial charge is 0.118 e. The molecule has 0 saturated heterocycles. The van der Waals surface area contributed by atoms with Crippen molar-refractivity contribution >= 4 is 28.9 Å². The molecule has 3 nitrogen and oxygen atoms in total. The average molecular weight is 247 g/mol. The van der Waals surface area contributed by atoms with E-state index in [0.29, 0.717) is 5.57 Å². The highest BCUT2D eigenvalue weighted by Crippen LogP contribution is 2.18. The first kappa shape index (κ1) is 7.54. The van der Waals surface area contributed by atoms with E-state index < -0.39 is 0 Å². The summed E-state index contributed by atoms with van der Waals surface area (Å²) in [6.45, 7) is 1.93. The van der Waals surface area contributed by atoms with Crippen LogP contribution in [0.1, 0.15) is 6.92 Å². The van der Waals surface area contributed by atoms with Crippen LogP contribution in [0.25, 0.3) is 0 Å². The summed E-state index contributed by atoms with van der Waals surface area (Å²) < 4.78 is 0.784. The molecule has 0 aromatic heterocycles. The van der Waals surface area contributed by atoms with Gasteiger partial charge in [-0.2, -0.15) is 5.26 Å². The molecular weight excluding hydrogens is 241 g/mol. The molecule has 1 N–H and O–H groups in total. The van der Waals surface area contributed by atoms with Crippen LogP contribution < -0.4 is 5.32 Å². The zero-order valence-electron chi connectivity index (χ0n) is 5.43. The van der Waals surface area contributed by atoms with Crippen molar-refractivity contribution in [3.8, 4) is 6.07 Å². The van der Waals surface area contributed by atoms with Crippen molar-refractivity contribution in [3.05, 3.63) is 9.28 Å². The first-order valence-electron chi connectivity index (χ1n) is 2.84. The van der Waals surface area contributed by atoms with Gasteiger partial charge < -0.3 is 5.32 Å². The predicted molar refractivity (Wildman–Crippen MR) is 47.7 cm³/mol. The van der Waals surface area contributed by atoms with Crippen LogP contribution in [0.2, 0.25) is 0 Å². The number of halogens is 1. The molecule has 52 valence electrons. The Morgan fingerprint density at radius 3 is 3.00 bits per heavy atom. The second kappa shape index (κ2) is 3.01. The van der Waals surface area contributed by atoms with E-state index >= 15 is 0 Å². The third kappa shape index (κ3) is 1.29. The van der Waals surface area contributed by atoms with E-state index in [2.05, 4.69) is 39.0 Å². The molecular formula is C6H6IN3. The van der Waals surface area contributed by atoms with E-state index in [1.165, 1.54) is 0 Å². The molecule has 1 heterocycles. The van der Waals surface area contributed by atoms with Crippen LogP contribution in [0.3, 0.4) is 0 Å². The Morgan fingerprint density at radius 2 is 2.60 bits per heavy atom. The quantitative estimate of drug-likeness (QED) is 0.516. The number of nitrogens with one attached hydrogen (secondary N) is 1. The lowest BCUT2D eigenvalue weighted by Gasteiger charge is -2.14. The summed E-state index contributed by atoms with van der Waals surface area (Å²) >= 11 is 2.05. The van der Waals surface area contributed by atoms with Crippen molar-refractivity contribution in [2.75, 3.05) is 0 Å². The van der Waals surface area contributed by atoms with E-state index in [1.54, 1.807) is 6.34 Å². The van der Waals surface area contributed by atoms with Crippen molar-refractivity contribution in [3.63, 3.8) is 0 Å². The van der Waals surface area contributed by atoms with Gasteiger partial charge >= 0.3 is 0 Å². The Balaban J connectivity index is 2.97. The molecule has 0 amide bonds. The Hall–Kier alpha value is -0.570. The molecule has 0 bridgehead atoms. The van der Waals surface area contributed by atoms with Gasteiger partial charge in [0, 0.05) is 0 Å². The molecule has 4 heteroatoms. The van der Waals surface area contributed by atoms with Gasteiger partial charge in [0.1, 0.15) is 3.70 Å². The Morgan fingerprint density at radius 1 is 1.90 bits per heavy atom. The standard InChI is InChI=1S/C6H6IN3/c1-4-5(2-8)6(7)10-3-9-4/h3-4H,1H3,(H,9,10). The third-order valence-corrected chi connectivity index (χ3v) is 2.14. The van der Waals surface area contributed by atoms with Gasteiger partial charge in [0.2, 0.25) is 0 Å². The van der Waals surface area contributed by atoms with Gasteiger partial charge in [0.05, 0.1) is 24.0 Å². The number of nitrogens with zero attached hydrogens (tertiary/aromatic N) is 2. The summed E-state index contributed by atoms with van der Waals surface area (Å²) in [6.07, 6.45) is 1.62. The van der Waals surface area contributed by atoms with Gasteiger partial charge in [0.15, 0.2) is 0 Å². The highest BCUT2D eigenvalue weighted by molar-refractivity contribution is 14.1. The van der Waals surface area contributed by atoms with Gasteiger partial charge in [-0.3, -0.25) is 0 Å². The minimum absolute atomic E-state index is 0.106. The summed E-state index contributed by atoms with van der Waals surface area (Å²) in [5.74, 6) is 0. The molecule has 0 aromatic rings.